The van der Waals surface area contributed by atoms with Crippen LogP contribution in [-0.2, 0) is 24.0 Å². The maximum atomic E-state index is 12.9. The van der Waals surface area contributed by atoms with Gasteiger partial charge in [0.15, 0.2) is 24.3 Å². The van der Waals surface area contributed by atoms with Crippen molar-refractivity contribution in [2.45, 2.75) is 70.4 Å². The molecule has 0 radical (unpaired) electrons. The largest absolute Gasteiger partial charge is 0.484 e. The second kappa shape index (κ2) is 10.4. The molecule has 2 aromatic rings. The van der Waals surface area contributed by atoms with Crippen molar-refractivity contribution in [2.75, 3.05) is 6.61 Å². The average Bonchev–Trinajstić information content (AvgIpc) is 3.35. The van der Waals surface area contributed by atoms with E-state index in [9.17, 15) is 9.59 Å². The summed E-state index contributed by atoms with van der Waals surface area (Å²) in [6.45, 7) is 6.09. The Bertz CT molecular complexity index is 1230. The number of amides is 1. The number of ketones is 1. The topological polar surface area (TPSA) is 92.3 Å². The van der Waals surface area contributed by atoms with Crippen LogP contribution in [0.5, 0.6) is 5.75 Å². The van der Waals surface area contributed by atoms with Gasteiger partial charge in [0.05, 0.1) is 0 Å². The Morgan fingerprint density at radius 3 is 2.69 bits per heavy atom. The maximum Gasteiger partial charge on any atom is 0.259 e. The minimum absolute atomic E-state index is 0.00221. The molecule has 39 heavy (non-hydrogen) atoms. The van der Waals surface area contributed by atoms with Gasteiger partial charge in [-0.1, -0.05) is 19.9 Å². The number of hydrogen-bond donors (Lipinski definition) is 1. The summed E-state index contributed by atoms with van der Waals surface area (Å²) in [5, 5.41) is 4.98. The number of thiophene rings is 1. The van der Waals surface area contributed by atoms with Gasteiger partial charge in [-0.15, -0.1) is 11.3 Å². The molecule has 1 N–H and O–H groups in total. The third-order valence-electron chi connectivity index (χ3n) is 8.91. The number of rotatable bonds is 7. The Balaban J connectivity index is 1.07. The number of hydrogen-bond acceptors (Lipinski definition) is 8. The van der Waals surface area contributed by atoms with Crippen LogP contribution < -0.4 is 10.1 Å². The Hall–Kier alpha value is -2.56. The van der Waals surface area contributed by atoms with Crippen LogP contribution in [-0.4, -0.2) is 42.2 Å². The molecule has 5 fully saturated rings. The molecular formula is C30H35NO7S. The molecule has 1 aromatic carbocycles. The number of fused-ring (bicyclic) bond motifs is 2. The fourth-order valence-electron chi connectivity index (χ4n) is 6.77. The summed E-state index contributed by atoms with van der Waals surface area (Å²) in [7, 11) is 0. The first kappa shape index (κ1) is 26.7. The Morgan fingerprint density at radius 2 is 1.92 bits per heavy atom. The van der Waals surface area contributed by atoms with Crippen LogP contribution in [0.2, 0.25) is 0 Å². The van der Waals surface area contributed by atoms with Crippen molar-refractivity contribution >= 4 is 29.1 Å². The van der Waals surface area contributed by atoms with Gasteiger partial charge < -0.3 is 19.5 Å². The minimum atomic E-state index is -0.858. The molecule has 1 spiro atoms. The minimum Gasteiger partial charge on any atom is -0.484 e. The van der Waals surface area contributed by atoms with Crippen molar-refractivity contribution in [1.29, 1.82) is 0 Å². The predicted octanol–water partition coefficient (Wildman–Crippen LogP) is 5.35. The molecule has 8 nitrogen and oxygen atoms in total. The third kappa shape index (κ3) is 4.95. The zero-order chi connectivity index (χ0) is 27.2. The highest BCUT2D eigenvalue weighted by atomic mass is 32.1. The van der Waals surface area contributed by atoms with E-state index < -0.39 is 23.9 Å². The second-order valence-electron chi connectivity index (χ2n) is 11.4. The van der Waals surface area contributed by atoms with Crippen molar-refractivity contribution < 1.29 is 33.6 Å². The maximum absolute atomic E-state index is 12.9. The van der Waals surface area contributed by atoms with Gasteiger partial charge in [0.1, 0.15) is 12.0 Å². The van der Waals surface area contributed by atoms with Gasteiger partial charge in [-0.25, -0.2) is 9.78 Å². The summed E-state index contributed by atoms with van der Waals surface area (Å²) >= 11 is 1.57. The van der Waals surface area contributed by atoms with Gasteiger partial charge in [0.25, 0.3) is 5.91 Å². The van der Waals surface area contributed by atoms with Crippen LogP contribution >= 0.6 is 11.3 Å². The summed E-state index contributed by atoms with van der Waals surface area (Å²) < 4.78 is 18.5. The van der Waals surface area contributed by atoms with E-state index in [0.29, 0.717) is 17.2 Å². The van der Waals surface area contributed by atoms with Crippen LogP contribution in [0.25, 0.3) is 6.08 Å². The summed E-state index contributed by atoms with van der Waals surface area (Å²) in [4.78, 5) is 38.4. The van der Waals surface area contributed by atoms with Crippen LogP contribution in [0.15, 0.2) is 47.9 Å². The number of allylic oxidation sites excluding steroid dienone is 1. The normalized spacial score (nSPS) is 37.2. The summed E-state index contributed by atoms with van der Waals surface area (Å²) in [5.74, 6) is 0.151. The zero-order valence-corrected chi connectivity index (χ0v) is 23.3. The number of ether oxygens (including phenoxy) is 3. The summed E-state index contributed by atoms with van der Waals surface area (Å²) in [5.41, 5.74) is -0.112. The highest BCUT2D eigenvalue weighted by Gasteiger charge is 2.69. The number of benzene rings is 1. The molecule has 1 aliphatic carbocycles. The average molecular weight is 554 g/mol. The predicted molar refractivity (Wildman–Crippen MR) is 145 cm³/mol. The lowest BCUT2D eigenvalue weighted by molar-refractivity contribution is -0.571. The Labute approximate surface area is 232 Å². The van der Waals surface area contributed by atoms with Gasteiger partial charge in [-0.05, 0) is 85.9 Å². The lowest BCUT2D eigenvalue weighted by Gasteiger charge is -2.60. The van der Waals surface area contributed by atoms with Crippen molar-refractivity contribution in [1.82, 2.24) is 5.32 Å². The molecule has 208 valence electrons. The van der Waals surface area contributed by atoms with E-state index in [1.54, 1.807) is 47.8 Å². The number of carbonyl (C=O) groups excluding carboxylic acids is 2. The highest BCUT2D eigenvalue weighted by Crippen LogP contribution is 2.60. The first-order valence-corrected chi connectivity index (χ1v) is 14.6. The quantitative estimate of drug-likeness (QED) is 0.281. The van der Waals surface area contributed by atoms with E-state index in [-0.39, 0.29) is 36.1 Å². The van der Waals surface area contributed by atoms with Crippen LogP contribution in [0.3, 0.4) is 0 Å². The van der Waals surface area contributed by atoms with Gasteiger partial charge in [0.2, 0.25) is 5.79 Å². The molecule has 1 saturated carbocycles. The van der Waals surface area contributed by atoms with Crippen molar-refractivity contribution in [2.24, 2.45) is 23.7 Å². The molecule has 7 rings (SSSR count). The smallest absolute Gasteiger partial charge is 0.259 e. The Kier molecular flexibility index (Phi) is 7.14. The lowest BCUT2D eigenvalue weighted by atomic mass is 9.58. The van der Waals surface area contributed by atoms with Gasteiger partial charge in [-0.3, -0.25) is 9.59 Å². The molecule has 5 heterocycles. The monoisotopic (exact) mass is 553 g/mol. The van der Waals surface area contributed by atoms with Gasteiger partial charge >= 0.3 is 0 Å². The molecular weight excluding hydrogens is 518 g/mol. The van der Waals surface area contributed by atoms with E-state index in [1.165, 1.54) is 0 Å². The summed E-state index contributed by atoms with van der Waals surface area (Å²) in [6.07, 6.45) is 5.97. The molecule has 9 heteroatoms. The van der Waals surface area contributed by atoms with E-state index >= 15 is 0 Å². The van der Waals surface area contributed by atoms with Crippen LogP contribution in [0.4, 0.5) is 0 Å². The van der Waals surface area contributed by atoms with Crippen LogP contribution in [0.1, 0.15) is 61.7 Å². The second-order valence-corrected chi connectivity index (χ2v) is 12.4. The molecule has 8 atom stereocenters. The fraction of sp³-hybridized carbons (Fsp3) is 0.533. The molecule has 1 aromatic heterocycles. The number of nitrogens with one attached hydrogen (secondary N) is 1. The molecule has 5 aliphatic rings. The third-order valence-corrected chi connectivity index (χ3v) is 9.75. The van der Waals surface area contributed by atoms with Gasteiger partial charge in [-0.2, -0.15) is 0 Å². The number of carbonyl (C=O) groups is 2. The van der Waals surface area contributed by atoms with E-state index in [4.69, 9.17) is 24.0 Å². The van der Waals surface area contributed by atoms with E-state index in [0.717, 1.165) is 30.6 Å². The van der Waals surface area contributed by atoms with Crippen molar-refractivity contribution in [3.63, 3.8) is 0 Å². The first-order chi connectivity index (χ1) is 18.8. The molecule has 1 amide bonds. The van der Waals surface area contributed by atoms with Crippen LogP contribution in [0, 0.1) is 23.7 Å². The highest BCUT2D eigenvalue weighted by molar-refractivity contribution is 7.10. The molecule has 0 unspecified atom stereocenters. The van der Waals surface area contributed by atoms with E-state index in [2.05, 4.69) is 19.2 Å². The van der Waals surface area contributed by atoms with Crippen molar-refractivity contribution in [3.05, 3.63) is 58.3 Å². The van der Waals surface area contributed by atoms with Crippen molar-refractivity contribution in [3.8, 4) is 5.75 Å². The molecule has 4 aliphatic heterocycles. The van der Waals surface area contributed by atoms with Gasteiger partial charge in [0, 0.05) is 28.7 Å². The standard InChI is InChI=1S/C30H35NO7S/c1-18-6-12-24-19(2)27(35-28-30(24)23(18)14-15-29(3,36-28)37-38-30)31-26(33)17-34-21-9-7-20(8-10-21)25(32)13-11-22-5-4-16-39-22/h4-5,7-11,13,16,18-19,23-24,27-28H,6,12,14-15,17H2,1-3H3,(H,31,33)/b13-11+/t18-,19-,23+,24+,27+,28-,29-,30-/m1/s1. The Morgan fingerprint density at radius 1 is 1.10 bits per heavy atom. The van der Waals surface area contributed by atoms with E-state index in [1.807, 2.05) is 24.4 Å². The summed E-state index contributed by atoms with van der Waals surface area (Å²) in [6, 6.07) is 10.7. The molecule has 4 saturated heterocycles. The SMILES string of the molecule is C[C@H]1[C@@H](NC(=O)COc2ccc(C(=O)/C=C/c3cccs3)cc2)O[C@@H]2O[C@@]3(C)CC[C@H]4[C@H](C)CC[C@@H]1[C@@]24OO3. The fourth-order valence-corrected chi connectivity index (χ4v) is 7.39. The lowest BCUT2D eigenvalue weighted by Crippen LogP contribution is -2.72. The zero-order valence-electron chi connectivity index (χ0n) is 22.5. The molecule has 2 bridgehead atoms. The first-order valence-electron chi connectivity index (χ1n) is 13.8.